The summed E-state index contributed by atoms with van der Waals surface area (Å²) >= 11 is 10.7. The van der Waals surface area contributed by atoms with E-state index in [9.17, 15) is 0 Å². The smallest absolute Gasteiger partial charge is 0.258 e. The van der Waals surface area contributed by atoms with E-state index < -0.39 is 5.25 Å². The topological polar surface area (TPSA) is 82.8 Å². The molecule has 3 heterocycles. The number of benzene rings is 1. The van der Waals surface area contributed by atoms with E-state index in [1.54, 1.807) is 18.4 Å². The van der Waals surface area contributed by atoms with Crippen molar-refractivity contribution in [2.24, 2.45) is 5.92 Å². The van der Waals surface area contributed by atoms with Gasteiger partial charge in [0.05, 0.1) is 6.26 Å². The van der Waals surface area contributed by atoms with Crippen LogP contribution < -0.4 is 0 Å². The van der Waals surface area contributed by atoms with Gasteiger partial charge >= 0.3 is 0 Å². The first-order valence-corrected chi connectivity index (χ1v) is 9.67. The van der Waals surface area contributed by atoms with Crippen LogP contribution in [0.4, 0.5) is 0 Å². The van der Waals surface area contributed by atoms with Crippen LogP contribution in [-0.2, 0) is 6.54 Å². The molecular weight excluding hydrogens is 398 g/mol. The van der Waals surface area contributed by atoms with Gasteiger partial charge in [0.2, 0.25) is 0 Å². The summed E-state index contributed by atoms with van der Waals surface area (Å²) in [6, 6.07) is 10.9. The molecule has 28 heavy (non-hydrogen) atoms. The molecule has 0 aliphatic rings. The van der Waals surface area contributed by atoms with Crippen LogP contribution in [0.1, 0.15) is 30.7 Å². The lowest BCUT2D eigenvalue weighted by Crippen LogP contribution is -2.12. The highest BCUT2D eigenvalue weighted by molar-refractivity contribution is 7.80. The molecule has 0 aliphatic carbocycles. The van der Waals surface area contributed by atoms with Gasteiger partial charge in [-0.3, -0.25) is 0 Å². The van der Waals surface area contributed by atoms with Gasteiger partial charge < -0.3 is 13.5 Å². The minimum absolute atomic E-state index is 0.372. The van der Waals surface area contributed by atoms with E-state index >= 15 is 0 Å². The number of hydrogen-bond acceptors (Lipinski definition) is 7. The van der Waals surface area contributed by atoms with E-state index in [2.05, 4.69) is 34.2 Å². The fraction of sp³-hybridized carbons (Fsp3) is 0.263. The highest BCUT2D eigenvalue weighted by Crippen LogP contribution is 2.31. The molecule has 0 N–H and O–H groups in total. The summed E-state index contributed by atoms with van der Waals surface area (Å²) in [5.41, 5.74) is 0.742. The van der Waals surface area contributed by atoms with Gasteiger partial charge in [-0.1, -0.05) is 36.7 Å². The van der Waals surface area contributed by atoms with Gasteiger partial charge in [-0.15, -0.1) is 10.2 Å². The molecule has 0 spiro atoms. The van der Waals surface area contributed by atoms with Crippen LogP contribution in [0.2, 0.25) is 5.02 Å². The average Bonchev–Trinajstić information content (AvgIpc) is 3.41. The standard InChI is InChI=1S/C19H18ClN5O2S/c1-11(2)10-25-17(14-7-4-8-26-14)22-23-18(25)15(28)16-21-19(27-24-16)12-5-3-6-13(20)9-12/h3-9,11,15,28H,10H2,1-2H3. The van der Waals surface area contributed by atoms with Gasteiger partial charge in [0.15, 0.2) is 23.2 Å². The van der Waals surface area contributed by atoms with E-state index in [1.807, 2.05) is 28.8 Å². The lowest BCUT2D eigenvalue weighted by Gasteiger charge is -2.13. The van der Waals surface area contributed by atoms with Crippen molar-refractivity contribution in [1.82, 2.24) is 24.9 Å². The molecule has 3 aromatic heterocycles. The fourth-order valence-corrected chi connectivity index (χ4v) is 3.34. The zero-order valence-electron chi connectivity index (χ0n) is 15.3. The Morgan fingerprint density at radius 3 is 2.75 bits per heavy atom. The van der Waals surface area contributed by atoms with Crippen molar-refractivity contribution >= 4 is 24.2 Å². The first-order chi connectivity index (χ1) is 13.5. The number of nitrogens with zero attached hydrogens (tertiary/aromatic N) is 5. The van der Waals surface area contributed by atoms with Gasteiger partial charge in [0.25, 0.3) is 5.89 Å². The zero-order chi connectivity index (χ0) is 19.7. The predicted molar refractivity (Wildman–Crippen MR) is 108 cm³/mol. The van der Waals surface area contributed by atoms with E-state index in [1.165, 1.54) is 0 Å². The Morgan fingerprint density at radius 1 is 1.18 bits per heavy atom. The zero-order valence-corrected chi connectivity index (χ0v) is 16.9. The molecule has 1 aromatic carbocycles. The molecule has 7 nitrogen and oxygen atoms in total. The van der Waals surface area contributed by atoms with E-state index in [-0.39, 0.29) is 0 Å². The van der Waals surface area contributed by atoms with E-state index in [4.69, 9.17) is 33.2 Å². The third-order valence-corrected chi connectivity index (χ3v) is 4.77. The largest absolute Gasteiger partial charge is 0.461 e. The van der Waals surface area contributed by atoms with Crippen molar-refractivity contribution in [3.8, 4) is 23.0 Å². The summed E-state index contributed by atoms with van der Waals surface area (Å²) in [5, 5.41) is 12.8. The maximum atomic E-state index is 6.05. The van der Waals surface area contributed by atoms with Crippen molar-refractivity contribution in [3.63, 3.8) is 0 Å². The van der Waals surface area contributed by atoms with Crippen LogP contribution >= 0.6 is 24.2 Å². The van der Waals surface area contributed by atoms with Crippen LogP contribution in [0.3, 0.4) is 0 Å². The third kappa shape index (κ3) is 3.70. The Balaban J connectivity index is 1.69. The molecule has 0 saturated heterocycles. The second kappa shape index (κ2) is 7.81. The Kier molecular flexibility index (Phi) is 5.23. The Hall–Kier alpha value is -2.58. The van der Waals surface area contributed by atoms with Crippen molar-refractivity contribution in [2.45, 2.75) is 25.6 Å². The first kappa shape index (κ1) is 18.8. The summed E-state index contributed by atoms with van der Waals surface area (Å²) < 4.78 is 12.9. The lowest BCUT2D eigenvalue weighted by atomic mass is 10.2. The molecule has 0 aliphatic heterocycles. The van der Waals surface area contributed by atoms with E-state index in [0.29, 0.717) is 46.6 Å². The summed E-state index contributed by atoms with van der Waals surface area (Å²) in [4.78, 5) is 4.47. The van der Waals surface area contributed by atoms with Crippen molar-refractivity contribution in [1.29, 1.82) is 0 Å². The Labute approximate surface area is 172 Å². The van der Waals surface area contributed by atoms with Crippen molar-refractivity contribution in [3.05, 3.63) is 59.3 Å². The Bertz CT molecular complexity index is 1070. The Morgan fingerprint density at radius 2 is 2.04 bits per heavy atom. The molecule has 4 aromatic rings. The van der Waals surface area contributed by atoms with Crippen LogP contribution in [0.5, 0.6) is 0 Å². The number of furan rings is 1. The third-order valence-electron chi connectivity index (χ3n) is 4.07. The second-order valence-corrected chi connectivity index (χ2v) is 7.69. The SMILES string of the molecule is CC(C)Cn1c(-c2ccco2)nnc1C(S)c1noc(-c2cccc(Cl)c2)n1. The average molecular weight is 416 g/mol. The maximum Gasteiger partial charge on any atom is 0.258 e. The molecule has 0 fully saturated rings. The number of aromatic nitrogens is 5. The molecule has 144 valence electrons. The molecule has 0 radical (unpaired) electrons. The van der Waals surface area contributed by atoms with Gasteiger partial charge in [0, 0.05) is 17.1 Å². The normalized spacial score (nSPS) is 12.6. The lowest BCUT2D eigenvalue weighted by molar-refractivity contribution is 0.422. The summed E-state index contributed by atoms with van der Waals surface area (Å²) in [6.07, 6.45) is 1.61. The molecule has 1 unspecified atom stereocenters. The molecule has 0 amide bonds. The van der Waals surface area contributed by atoms with Gasteiger partial charge in [-0.2, -0.15) is 17.6 Å². The summed E-state index contributed by atoms with van der Waals surface area (Å²) in [5.74, 6) is 3.07. The highest BCUT2D eigenvalue weighted by Gasteiger charge is 2.26. The summed E-state index contributed by atoms with van der Waals surface area (Å²) in [7, 11) is 0. The molecular formula is C19H18ClN5O2S. The minimum Gasteiger partial charge on any atom is -0.461 e. The van der Waals surface area contributed by atoms with Crippen LogP contribution in [0.15, 0.2) is 51.6 Å². The van der Waals surface area contributed by atoms with Gasteiger partial charge in [0.1, 0.15) is 5.25 Å². The second-order valence-electron chi connectivity index (χ2n) is 6.73. The highest BCUT2D eigenvalue weighted by atomic mass is 35.5. The van der Waals surface area contributed by atoms with Crippen LogP contribution in [-0.4, -0.2) is 24.9 Å². The number of thiol groups is 1. The van der Waals surface area contributed by atoms with Crippen molar-refractivity contribution < 1.29 is 8.94 Å². The van der Waals surface area contributed by atoms with Gasteiger partial charge in [-0.25, -0.2) is 0 Å². The molecule has 0 bridgehead atoms. The predicted octanol–water partition coefficient (Wildman–Crippen LogP) is 4.92. The molecule has 1 atom stereocenters. The van der Waals surface area contributed by atoms with E-state index in [0.717, 1.165) is 5.56 Å². The quantitative estimate of drug-likeness (QED) is 0.450. The molecule has 0 saturated carbocycles. The maximum absolute atomic E-state index is 6.05. The van der Waals surface area contributed by atoms with Crippen LogP contribution in [0, 0.1) is 5.92 Å². The van der Waals surface area contributed by atoms with Gasteiger partial charge in [-0.05, 0) is 36.2 Å². The fourth-order valence-electron chi connectivity index (χ4n) is 2.85. The number of halogens is 1. The number of hydrogen-bond donors (Lipinski definition) is 1. The molecule has 4 rings (SSSR count). The van der Waals surface area contributed by atoms with Crippen LogP contribution in [0.25, 0.3) is 23.0 Å². The molecule has 9 heteroatoms. The minimum atomic E-state index is -0.508. The first-order valence-electron chi connectivity index (χ1n) is 8.77. The summed E-state index contributed by atoms with van der Waals surface area (Å²) in [6.45, 7) is 4.94. The number of rotatable bonds is 6. The van der Waals surface area contributed by atoms with Crippen molar-refractivity contribution in [2.75, 3.05) is 0 Å². The monoisotopic (exact) mass is 415 g/mol.